The van der Waals surface area contributed by atoms with E-state index >= 15 is 0 Å². The Labute approximate surface area is 293 Å². The van der Waals surface area contributed by atoms with Crippen LogP contribution in [0.25, 0.3) is 11.1 Å². The molecular formula is C38H58ClFN4O4. The summed E-state index contributed by atoms with van der Waals surface area (Å²) >= 11 is 5.78. The van der Waals surface area contributed by atoms with E-state index in [2.05, 4.69) is 53.7 Å². The first kappa shape index (κ1) is 42.6. The van der Waals surface area contributed by atoms with Crippen molar-refractivity contribution in [2.75, 3.05) is 36.5 Å². The molecule has 0 radical (unpaired) electrons. The Morgan fingerprint density at radius 3 is 2.21 bits per heavy atom. The zero-order chi connectivity index (χ0) is 36.5. The van der Waals surface area contributed by atoms with Gasteiger partial charge in [0.2, 0.25) is 0 Å². The van der Waals surface area contributed by atoms with Crippen LogP contribution in [0.4, 0.5) is 15.9 Å². The lowest BCUT2D eigenvalue weighted by molar-refractivity contribution is -0.131. The number of hydrogen-bond acceptors (Lipinski definition) is 8. The van der Waals surface area contributed by atoms with Gasteiger partial charge in [-0.3, -0.25) is 9.78 Å². The second-order valence-electron chi connectivity index (χ2n) is 13.3. The largest absolute Gasteiger partial charge is 0.489 e. The third-order valence-electron chi connectivity index (χ3n) is 7.11. The Bertz CT molecular complexity index is 1360. The lowest BCUT2D eigenvalue weighted by Gasteiger charge is -2.40. The minimum Gasteiger partial charge on any atom is -0.489 e. The third-order valence-corrected chi connectivity index (χ3v) is 7.35. The van der Waals surface area contributed by atoms with Crippen LogP contribution in [-0.2, 0) is 16.0 Å². The van der Waals surface area contributed by atoms with Crippen LogP contribution in [-0.4, -0.2) is 59.5 Å². The number of piperidine rings is 1. The average Bonchev–Trinajstić information content (AvgIpc) is 3.01. The molecule has 0 spiro atoms. The van der Waals surface area contributed by atoms with Crippen molar-refractivity contribution < 1.29 is 23.8 Å². The molecule has 1 aliphatic heterocycles. The van der Waals surface area contributed by atoms with Crippen molar-refractivity contribution in [3.63, 3.8) is 0 Å². The number of pyridine rings is 2. The number of rotatable bonds is 10. The van der Waals surface area contributed by atoms with Crippen LogP contribution in [0.2, 0.25) is 5.02 Å². The molecule has 0 bridgehead atoms. The van der Waals surface area contributed by atoms with E-state index in [0.717, 1.165) is 42.1 Å². The molecule has 0 aliphatic carbocycles. The molecule has 0 atom stereocenters. The molecule has 268 valence electrons. The molecule has 2 aromatic heterocycles. The molecule has 1 fully saturated rings. The number of hydrogen-bond donors (Lipinski definition) is 2. The fourth-order valence-corrected chi connectivity index (χ4v) is 4.83. The van der Waals surface area contributed by atoms with Gasteiger partial charge >= 0.3 is 0 Å². The summed E-state index contributed by atoms with van der Waals surface area (Å²) in [4.78, 5) is 21.2. The van der Waals surface area contributed by atoms with Gasteiger partial charge in [0.25, 0.3) is 6.47 Å². The van der Waals surface area contributed by atoms with Crippen molar-refractivity contribution >= 4 is 29.6 Å². The maximum absolute atomic E-state index is 13.8. The van der Waals surface area contributed by atoms with Crippen LogP contribution in [0.5, 0.6) is 5.75 Å². The van der Waals surface area contributed by atoms with Gasteiger partial charge in [-0.05, 0) is 102 Å². The van der Waals surface area contributed by atoms with Crippen LogP contribution in [0, 0.1) is 18.2 Å². The quantitative estimate of drug-likeness (QED) is 0.161. The predicted molar refractivity (Wildman–Crippen MR) is 198 cm³/mol. The monoisotopic (exact) mass is 688 g/mol. The van der Waals surface area contributed by atoms with Crippen molar-refractivity contribution in [3.05, 3.63) is 64.8 Å². The van der Waals surface area contributed by atoms with Crippen molar-refractivity contribution in [1.29, 1.82) is 0 Å². The van der Waals surface area contributed by atoms with Crippen LogP contribution in [0.3, 0.4) is 0 Å². The molecule has 3 heterocycles. The Morgan fingerprint density at radius 1 is 1.10 bits per heavy atom. The fraction of sp³-hybridized carbons (Fsp3) is 0.553. The highest BCUT2D eigenvalue weighted by atomic mass is 35.5. The first-order chi connectivity index (χ1) is 22.5. The summed E-state index contributed by atoms with van der Waals surface area (Å²) in [7, 11) is 0. The molecule has 0 unspecified atom stereocenters. The van der Waals surface area contributed by atoms with Gasteiger partial charge < -0.3 is 24.8 Å². The lowest BCUT2D eigenvalue weighted by Crippen LogP contribution is -2.38. The molecular weight excluding hydrogens is 631 g/mol. The topological polar surface area (TPSA) is 96.8 Å². The minimum absolute atomic E-state index is 0.0301. The van der Waals surface area contributed by atoms with Crippen LogP contribution < -0.4 is 15.0 Å². The maximum Gasteiger partial charge on any atom is 0.293 e. The molecule has 8 nitrogen and oxygen atoms in total. The molecule has 3 aromatic rings. The van der Waals surface area contributed by atoms with Gasteiger partial charge in [0.05, 0.1) is 23.9 Å². The average molecular weight is 689 g/mol. The number of nitrogens with one attached hydrogen (secondary N) is 1. The smallest absolute Gasteiger partial charge is 0.293 e. The number of anilines is 2. The maximum atomic E-state index is 13.8. The number of ether oxygens (including phenoxy) is 2. The van der Waals surface area contributed by atoms with Crippen molar-refractivity contribution in [2.24, 2.45) is 5.41 Å². The number of aromatic nitrogens is 2. The molecule has 1 aromatic carbocycles. The number of carbonyl (C=O) groups excluding carboxylic acids is 1. The molecule has 1 aliphatic rings. The summed E-state index contributed by atoms with van der Waals surface area (Å²) in [6, 6.07) is 8.43. The van der Waals surface area contributed by atoms with E-state index in [4.69, 9.17) is 26.4 Å². The SMILES string of the molecule is CC.CC(C)(C)O.CC(C)OC=O.CCc1c(C)ncc(-c2ccc(NCCOc3ccc(Cl)cc3F)nc2)c1N1CCC(C)(C)CC1. The number of aliphatic hydroxyl groups is 1. The molecule has 0 saturated carbocycles. The van der Waals surface area contributed by atoms with Crippen LogP contribution >= 0.6 is 11.6 Å². The Morgan fingerprint density at radius 2 is 1.73 bits per heavy atom. The summed E-state index contributed by atoms with van der Waals surface area (Å²) in [6.45, 7) is 25.2. The van der Waals surface area contributed by atoms with Gasteiger partial charge in [-0.1, -0.05) is 46.2 Å². The van der Waals surface area contributed by atoms with Gasteiger partial charge in [0.15, 0.2) is 11.6 Å². The zero-order valence-corrected chi connectivity index (χ0v) is 31.7. The fourth-order valence-electron chi connectivity index (χ4n) is 4.67. The highest BCUT2D eigenvalue weighted by molar-refractivity contribution is 6.30. The number of nitrogens with zero attached hydrogens (tertiary/aromatic N) is 3. The third kappa shape index (κ3) is 15.6. The summed E-state index contributed by atoms with van der Waals surface area (Å²) in [5.41, 5.74) is 5.79. The van der Waals surface area contributed by atoms with Crippen molar-refractivity contribution in [2.45, 2.75) is 107 Å². The van der Waals surface area contributed by atoms with Crippen LogP contribution in [0.1, 0.15) is 93.3 Å². The predicted octanol–water partition coefficient (Wildman–Crippen LogP) is 9.30. The summed E-state index contributed by atoms with van der Waals surface area (Å²) in [5.74, 6) is 0.462. The number of benzene rings is 1. The van der Waals surface area contributed by atoms with E-state index in [0.29, 0.717) is 30.1 Å². The van der Waals surface area contributed by atoms with E-state index in [1.165, 1.54) is 36.2 Å². The second kappa shape index (κ2) is 20.8. The molecule has 10 heteroatoms. The molecule has 4 rings (SSSR count). The molecule has 0 amide bonds. The number of aryl methyl sites for hydroxylation is 1. The highest BCUT2D eigenvalue weighted by Crippen LogP contribution is 2.39. The van der Waals surface area contributed by atoms with Gasteiger partial charge in [0, 0.05) is 47.3 Å². The van der Waals surface area contributed by atoms with Crippen molar-refractivity contribution in [3.8, 4) is 16.9 Å². The van der Waals surface area contributed by atoms with E-state index in [-0.39, 0.29) is 11.9 Å². The van der Waals surface area contributed by atoms with E-state index in [1.54, 1.807) is 40.7 Å². The van der Waals surface area contributed by atoms with Gasteiger partial charge in [-0.25, -0.2) is 9.37 Å². The molecule has 48 heavy (non-hydrogen) atoms. The first-order valence-electron chi connectivity index (χ1n) is 16.9. The highest BCUT2D eigenvalue weighted by Gasteiger charge is 2.28. The van der Waals surface area contributed by atoms with Gasteiger partial charge in [-0.15, -0.1) is 0 Å². The Hall–Kier alpha value is -3.43. The zero-order valence-electron chi connectivity index (χ0n) is 30.9. The number of halogens is 2. The minimum atomic E-state index is -0.500. The van der Waals surface area contributed by atoms with Crippen LogP contribution in [0.15, 0.2) is 42.7 Å². The molecule has 2 N–H and O–H groups in total. The number of carbonyl (C=O) groups is 1. The van der Waals surface area contributed by atoms with E-state index in [9.17, 15) is 9.18 Å². The summed E-state index contributed by atoms with van der Waals surface area (Å²) < 4.78 is 23.7. The van der Waals surface area contributed by atoms with Gasteiger partial charge in [0.1, 0.15) is 12.4 Å². The van der Waals surface area contributed by atoms with Gasteiger partial charge in [-0.2, -0.15) is 0 Å². The standard InChI is InChI=1S/C28H34ClFN4O.C4H8O2.C4H10O.C2H6/c1-5-22-19(2)32-18-23(27(22)34-13-10-28(3,4)11-14-34)20-6-9-26(33-17-20)31-12-15-35-25-8-7-21(29)16-24(25)30;1-4(2)6-3-5;1-4(2,3)5;1-2/h6-9,16-18H,5,10-15H2,1-4H3,(H,31,33);3-4H,1-2H3;5H,1-3H3;1-2H3. The first-order valence-corrected chi connectivity index (χ1v) is 17.3. The Balaban J connectivity index is 0.000000758. The van der Waals surface area contributed by atoms with Crippen molar-refractivity contribution in [1.82, 2.24) is 9.97 Å². The normalized spacial score (nSPS) is 13.5. The summed E-state index contributed by atoms with van der Waals surface area (Å²) in [6.07, 6.45) is 7.22. The van der Waals surface area contributed by atoms with E-state index in [1.807, 2.05) is 32.3 Å². The lowest BCUT2D eigenvalue weighted by atomic mass is 9.82. The summed E-state index contributed by atoms with van der Waals surface area (Å²) in [5, 5.41) is 12.1. The second-order valence-corrected chi connectivity index (χ2v) is 13.8. The van der Waals surface area contributed by atoms with E-state index < -0.39 is 11.4 Å². The Kier molecular flexibility index (Phi) is 18.5. The molecule has 1 saturated heterocycles.